The lowest BCUT2D eigenvalue weighted by Gasteiger charge is -2.16. The highest BCUT2D eigenvalue weighted by molar-refractivity contribution is 5.84. The fraction of sp³-hybridized carbons (Fsp3) is 0.562. The second kappa shape index (κ2) is 8.24. The molecule has 0 saturated carbocycles. The first kappa shape index (κ1) is 20.9. The highest BCUT2D eigenvalue weighted by Gasteiger charge is 2.44. The number of rotatable bonds is 7. The predicted molar refractivity (Wildman–Crippen MR) is 95.9 cm³/mol. The van der Waals surface area contributed by atoms with Crippen molar-refractivity contribution in [2.24, 2.45) is 0 Å². The molecule has 0 unspecified atom stereocenters. The number of nitrogen functional groups attached to an aromatic ring is 1. The fourth-order valence-corrected chi connectivity index (χ4v) is 3.19. The van der Waals surface area contributed by atoms with Crippen LogP contribution in [0, 0.1) is 0 Å². The van der Waals surface area contributed by atoms with Crippen LogP contribution in [0.3, 0.4) is 0 Å². The SMILES string of the molecule is Nc1nc2c(ncn2[C@@H]2O[C@H](CO)[C@@H](O)[C@H]2O)c(=O)n1C(=O)CCCCC(=O)O. The second-order valence-corrected chi connectivity index (χ2v) is 6.66. The number of unbranched alkanes of at least 4 members (excludes halogenated alkanes) is 1. The highest BCUT2D eigenvalue weighted by atomic mass is 16.6. The van der Waals surface area contributed by atoms with E-state index < -0.39 is 54.5 Å². The maximum atomic E-state index is 12.7. The average molecular weight is 411 g/mol. The minimum absolute atomic E-state index is 0.0581. The van der Waals surface area contributed by atoms with Crippen LogP contribution < -0.4 is 11.3 Å². The van der Waals surface area contributed by atoms with Gasteiger partial charge in [-0.3, -0.25) is 19.0 Å². The van der Waals surface area contributed by atoms with Crippen molar-refractivity contribution in [3.8, 4) is 0 Å². The Balaban J connectivity index is 1.89. The Hall–Kier alpha value is -2.87. The van der Waals surface area contributed by atoms with E-state index in [1.807, 2.05) is 0 Å². The largest absolute Gasteiger partial charge is 0.481 e. The summed E-state index contributed by atoms with van der Waals surface area (Å²) in [4.78, 5) is 43.5. The van der Waals surface area contributed by atoms with Crippen LogP contribution in [0.4, 0.5) is 5.95 Å². The smallest absolute Gasteiger partial charge is 0.303 e. The minimum atomic E-state index is -1.41. The van der Waals surface area contributed by atoms with E-state index in [-0.39, 0.29) is 36.8 Å². The van der Waals surface area contributed by atoms with Crippen molar-refractivity contribution in [3.63, 3.8) is 0 Å². The number of carbonyl (C=O) groups excluding carboxylic acids is 1. The van der Waals surface area contributed by atoms with Gasteiger partial charge in [-0.25, -0.2) is 9.55 Å². The average Bonchev–Trinajstić information content (AvgIpc) is 3.20. The topological polar surface area (TPSA) is 203 Å². The molecule has 1 saturated heterocycles. The summed E-state index contributed by atoms with van der Waals surface area (Å²) in [6.45, 7) is -0.528. The molecule has 0 spiro atoms. The van der Waals surface area contributed by atoms with E-state index in [9.17, 15) is 29.7 Å². The molecule has 13 heteroatoms. The quantitative estimate of drug-likeness (QED) is 0.317. The van der Waals surface area contributed by atoms with Crippen molar-refractivity contribution in [3.05, 3.63) is 16.7 Å². The monoisotopic (exact) mass is 411 g/mol. The van der Waals surface area contributed by atoms with E-state index in [4.69, 9.17) is 15.6 Å². The number of ether oxygens (including phenoxy) is 1. The van der Waals surface area contributed by atoms with Crippen molar-refractivity contribution >= 4 is 29.0 Å². The number of aliphatic carboxylic acids is 1. The summed E-state index contributed by atoms with van der Waals surface area (Å²) in [5.41, 5.74) is 4.71. The normalized spacial score (nSPS) is 24.2. The lowest BCUT2D eigenvalue weighted by Crippen LogP contribution is -2.33. The number of hydrogen-bond donors (Lipinski definition) is 5. The van der Waals surface area contributed by atoms with Gasteiger partial charge in [-0.2, -0.15) is 4.98 Å². The Labute approximate surface area is 163 Å². The maximum Gasteiger partial charge on any atom is 0.303 e. The van der Waals surface area contributed by atoms with E-state index in [2.05, 4.69) is 9.97 Å². The van der Waals surface area contributed by atoms with Gasteiger partial charge in [0.05, 0.1) is 12.9 Å². The Kier molecular flexibility index (Phi) is 5.93. The van der Waals surface area contributed by atoms with Crippen LogP contribution in [0.25, 0.3) is 11.2 Å². The van der Waals surface area contributed by atoms with Crippen LogP contribution in [0.2, 0.25) is 0 Å². The number of aliphatic hydroxyl groups excluding tert-OH is 3. The third-order valence-electron chi connectivity index (χ3n) is 4.69. The lowest BCUT2D eigenvalue weighted by atomic mass is 10.1. The van der Waals surface area contributed by atoms with Crippen LogP contribution in [0.15, 0.2) is 11.1 Å². The molecular weight excluding hydrogens is 390 g/mol. The Bertz CT molecular complexity index is 986. The number of aromatic nitrogens is 4. The summed E-state index contributed by atoms with van der Waals surface area (Å²) in [5, 5.41) is 37.9. The van der Waals surface area contributed by atoms with Gasteiger partial charge in [-0.15, -0.1) is 0 Å². The fourth-order valence-electron chi connectivity index (χ4n) is 3.19. The number of carboxylic acid groups (broad SMARTS) is 1. The molecular formula is C16H21N5O8. The van der Waals surface area contributed by atoms with Gasteiger partial charge < -0.3 is 30.9 Å². The molecule has 3 rings (SSSR count). The van der Waals surface area contributed by atoms with Crippen molar-refractivity contribution in [1.82, 2.24) is 19.1 Å². The first-order valence-corrected chi connectivity index (χ1v) is 8.88. The zero-order chi connectivity index (χ0) is 21.3. The number of anilines is 1. The molecule has 0 radical (unpaired) electrons. The van der Waals surface area contributed by atoms with Gasteiger partial charge in [0.15, 0.2) is 17.4 Å². The number of hydrogen-bond acceptors (Lipinski definition) is 10. The molecule has 158 valence electrons. The second-order valence-electron chi connectivity index (χ2n) is 6.66. The van der Waals surface area contributed by atoms with Crippen molar-refractivity contribution in [1.29, 1.82) is 0 Å². The Morgan fingerprint density at radius 1 is 1.21 bits per heavy atom. The van der Waals surface area contributed by atoms with E-state index in [0.717, 1.165) is 6.33 Å². The van der Waals surface area contributed by atoms with Crippen molar-refractivity contribution < 1.29 is 34.8 Å². The van der Waals surface area contributed by atoms with Gasteiger partial charge in [-0.05, 0) is 12.8 Å². The molecule has 1 aliphatic rings. The van der Waals surface area contributed by atoms with E-state index in [1.54, 1.807) is 0 Å². The maximum absolute atomic E-state index is 12.7. The number of imidazole rings is 1. The summed E-state index contributed by atoms with van der Waals surface area (Å²) >= 11 is 0. The molecule has 0 amide bonds. The summed E-state index contributed by atoms with van der Waals surface area (Å²) in [6.07, 6.45) is -3.47. The van der Waals surface area contributed by atoms with E-state index >= 15 is 0 Å². The zero-order valence-corrected chi connectivity index (χ0v) is 15.2. The number of aliphatic hydroxyl groups is 3. The molecule has 1 aliphatic heterocycles. The lowest BCUT2D eigenvalue weighted by molar-refractivity contribution is -0.137. The van der Waals surface area contributed by atoms with Gasteiger partial charge in [0.1, 0.15) is 18.3 Å². The van der Waals surface area contributed by atoms with Crippen LogP contribution in [0.5, 0.6) is 0 Å². The highest BCUT2D eigenvalue weighted by Crippen LogP contribution is 2.30. The van der Waals surface area contributed by atoms with Crippen LogP contribution in [-0.2, 0) is 9.53 Å². The third kappa shape index (κ3) is 3.85. The minimum Gasteiger partial charge on any atom is -0.481 e. The molecule has 13 nitrogen and oxygen atoms in total. The summed E-state index contributed by atoms with van der Waals surface area (Å²) in [6, 6.07) is 0. The van der Waals surface area contributed by atoms with E-state index in [1.165, 1.54) is 4.57 Å². The summed E-state index contributed by atoms with van der Waals surface area (Å²) < 4.78 is 7.26. The molecule has 3 heterocycles. The number of nitrogens with zero attached hydrogens (tertiary/aromatic N) is 4. The molecule has 1 fully saturated rings. The van der Waals surface area contributed by atoms with Crippen LogP contribution in [-0.4, -0.2) is 76.3 Å². The van der Waals surface area contributed by atoms with Gasteiger partial charge in [0.2, 0.25) is 11.9 Å². The third-order valence-corrected chi connectivity index (χ3v) is 4.69. The van der Waals surface area contributed by atoms with Crippen molar-refractivity contribution in [2.45, 2.75) is 50.2 Å². The number of fused-ring (bicyclic) bond motifs is 1. The van der Waals surface area contributed by atoms with Crippen molar-refractivity contribution in [2.75, 3.05) is 12.3 Å². The van der Waals surface area contributed by atoms with Gasteiger partial charge in [0, 0.05) is 12.8 Å². The predicted octanol–water partition coefficient (Wildman–Crippen LogP) is -1.93. The van der Waals surface area contributed by atoms with Gasteiger partial charge >= 0.3 is 5.97 Å². The molecule has 0 aliphatic carbocycles. The standard InChI is InChI=1S/C16H21N5O8/c17-16-19-13-10(14(28)21(16)8(23)3-1-2-4-9(24)25)18-6-20(13)15-12(27)11(26)7(5-22)29-15/h6-7,11-12,15,22,26-27H,1-5H2,(H2,17,19)(H,24,25)/t7-,11-,12-,15-/m1/s1. The number of carboxylic acids is 1. The summed E-state index contributed by atoms with van der Waals surface area (Å²) in [5.74, 6) is -2.03. The van der Waals surface area contributed by atoms with E-state index in [0.29, 0.717) is 4.57 Å². The molecule has 29 heavy (non-hydrogen) atoms. The molecule has 6 N–H and O–H groups in total. The first-order valence-electron chi connectivity index (χ1n) is 8.88. The van der Waals surface area contributed by atoms with Crippen LogP contribution in [0.1, 0.15) is 36.7 Å². The Morgan fingerprint density at radius 2 is 1.90 bits per heavy atom. The van der Waals surface area contributed by atoms with Crippen LogP contribution >= 0.6 is 0 Å². The van der Waals surface area contributed by atoms with Gasteiger partial charge in [0.25, 0.3) is 5.56 Å². The summed E-state index contributed by atoms with van der Waals surface area (Å²) in [7, 11) is 0. The first-order chi connectivity index (χ1) is 13.8. The molecule has 4 atom stereocenters. The number of nitrogens with two attached hydrogens (primary N) is 1. The molecule has 2 aromatic heterocycles. The number of carbonyl (C=O) groups is 2. The van der Waals surface area contributed by atoms with Gasteiger partial charge in [-0.1, -0.05) is 0 Å². The molecule has 0 aromatic carbocycles. The molecule has 2 aromatic rings. The Morgan fingerprint density at radius 3 is 2.52 bits per heavy atom. The molecule has 0 bridgehead atoms. The zero-order valence-electron chi connectivity index (χ0n) is 15.2.